The van der Waals surface area contributed by atoms with E-state index in [1.165, 1.54) is 31.1 Å². The Morgan fingerprint density at radius 2 is 2.00 bits per heavy atom. The first-order valence-corrected chi connectivity index (χ1v) is 9.52. The summed E-state index contributed by atoms with van der Waals surface area (Å²) in [5.41, 5.74) is 0.317. The molecule has 1 amide bonds. The van der Waals surface area contributed by atoms with E-state index in [0.717, 1.165) is 12.1 Å². The van der Waals surface area contributed by atoms with Crippen molar-refractivity contribution in [2.24, 2.45) is 0 Å². The smallest absolute Gasteiger partial charge is 0.256 e. The number of halogens is 3. The van der Waals surface area contributed by atoms with Gasteiger partial charge >= 0.3 is 0 Å². The van der Waals surface area contributed by atoms with E-state index < -0.39 is 30.3 Å². The topological polar surface area (TPSA) is 82.0 Å². The molecule has 0 spiro atoms. The van der Waals surface area contributed by atoms with Crippen LogP contribution in [0.3, 0.4) is 0 Å². The number of ether oxygens (including phenoxy) is 1. The number of nitrogens with one attached hydrogen (secondary N) is 1. The number of anilines is 2. The summed E-state index contributed by atoms with van der Waals surface area (Å²) in [7, 11) is 2.94. The van der Waals surface area contributed by atoms with Crippen molar-refractivity contribution in [3.05, 3.63) is 51.1 Å². The summed E-state index contributed by atoms with van der Waals surface area (Å²) in [4.78, 5) is 13.8. The second-order valence-corrected chi connectivity index (χ2v) is 7.25. The monoisotopic (exact) mass is 506 g/mol. The van der Waals surface area contributed by atoms with Gasteiger partial charge in [-0.25, -0.2) is 8.78 Å². The largest absolute Gasteiger partial charge is 0.492 e. The highest BCUT2D eigenvalue weighted by molar-refractivity contribution is 14.1. The Bertz CT molecular complexity index is 851. The molecule has 0 bridgehead atoms. The fraction of sp³-hybridized carbons (Fsp3) is 0.316. The first-order valence-electron chi connectivity index (χ1n) is 8.44. The van der Waals surface area contributed by atoms with Gasteiger partial charge in [-0.3, -0.25) is 4.79 Å². The molecule has 152 valence electrons. The normalized spacial score (nSPS) is 11.8. The van der Waals surface area contributed by atoms with Crippen LogP contribution in [0.5, 0.6) is 5.75 Å². The van der Waals surface area contributed by atoms with E-state index in [1.807, 2.05) is 22.6 Å². The molecule has 0 aliphatic heterocycles. The van der Waals surface area contributed by atoms with Crippen LogP contribution in [-0.4, -0.2) is 49.5 Å². The summed E-state index contributed by atoms with van der Waals surface area (Å²) >= 11 is 1.98. The molecule has 0 heterocycles. The average molecular weight is 506 g/mol. The van der Waals surface area contributed by atoms with Gasteiger partial charge in [0, 0.05) is 30.2 Å². The maximum atomic E-state index is 14.4. The quantitative estimate of drug-likeness (QED) is 0.480. The number of hydrogen-bond acceptors (Lipinski definition) is 5. The van der Waals surface area contributed by atoms with E-state index in [4.69, 9.17) is 9.84 Å². The van der Waals surface area contributed by atoms with Crippen molar-refractivity contribution in [2.45, 2.75) is 12.5 Å². The van der Waals surface area contributed by atoms with Crippen molar-refractivity contribution in [3.63, 3.8) is 0 Å². The van der Waals surface area contributed by atoms with E-state index in [9.17, 15) is 18.7 Å². The molecule has 28 heavy (non-hydrogen) atoms. The molecule has 0 fully saturated rings. The van der Waals surface area contributed by atoms with Gasteiger partial charge in [0.2, 0.25) is 0 Å². The van der Waals surface area contributed by atoms with Crippen LogP contribution < -0.4 is 15.0 Å². The molecule has 0 saturated heterocycles. The minimum absolute atomic E-state index is 0.0304. The Hall–Kier alpha value is -1.98. The molecule has 0 radical (unpaired) electrons. The van der Waals surface area contributed by atoms with Crippen LogP contribution in [0.1, 0.15) is 16.8 Å². The number of carbonyl (C=O) groups is 1. The molecule has 2 aromatic carbocycles. The fourth-order valence-corrected chi connectivity index (χ4v) is 3.03. The highest BCUT2D eigenvalue weighted by Gasteiger charge is 2.23. The van der Waals surface area contributed by atoms with Gasteiger partial charge in [0.15, 0.2) is 0 Å². The molecule has 0 aliphatic carbocycles. The second-order valence-electron chi connectivity index (χ2n) is 6.01. The molecule has 0 saturated carbocycles. The maximum Gasteiger partial charge on any atom is 0.256 e. The molecule has 0 aliphatic rings. The average Bonchev–Trinajstić information content (AvgIpc) is 2.66. The third-order valence-corrected chi connectivity index (χ3v) is 4.72. The van der Waals surface area contributed by atoms with Crippen molar-refractivity contribution < 1.29 is 28.5 Å². The summed E-state index contributed by atoms with van der Waals surface area (Å²) in [6, 6.07) is 6.74. The predicted molar refractivity (Wildman–Crippen MR) is 110 cm³/mol. The lowest BCUT2D eigenvalue weighted by Gasteiger charge is -2.24. The van der Waals surface area contributed by atoms with Crippen molar-refractivity contribution >= 4 is 39.9 Å². The van der Waals surface area contributed by atoms with E-state index in [1.54, 1.807) is 6.07 Å². The van der Waals surface area contributed by atoms with Gasteiger partial charge in [0.1, 0.15) is 22.9 Å². The van der Waals surface area contributed by atoms with Crippen LogP contribution in [-0.2, 0) is 0 Å². The molecule has 2 aromatic rings. The van der Waals surface area contributed by atoms with Gasteiger partial charge in [-0.1, -0.05) is 0 Å². The molecule has 0 aromatic heterocycles. The predicted octanol–water partition coefficient (Wildman–Crippen LogP) is 2.82. The van der Waals surface area contributed by atoms with Gasteiger partial charge in [0.05, 0.1) is 30.7 Å². The molecule has 1 unspecified atom stereocenters. The number of aliphatic hydroxyl groups is 2. The maximum absolute atomic E-state index is 14.4. The first-order chi connectivity index (χ1) is 13.3. The number of carbonyl (C=O) groups excluding carboxylic acids is 1. The van der Waals surface area contributed by atoms with Crippen LogP contribution in [0.4, 0.5) is 20.2 Å². The minimum atomic E-state index is -0.986. The Morgan fingerprint density at radius 3 is 2.61 bits per heavy atom. The molecular weight excluding hydrogens is 485 g/mol. The summed E-state index contributed by atoms with van der Waals surface area (Å²) in [6.07, 6.45) is -0.892. The molecule has 3 N–H and O–H groups in total. The zero-order valence-corrected chi connectivity index (χ0v) is 17.5. The van der Waals surface area contributed by atoms with Gasteiger partial charge in [-0.05, 0) is 46.9 Å². The lowest BCUT2D eigenvalue weighted by molar-refractivity contribution is 0.0750. The summed E-state index contributed by atoms with van der Waals surface area (Å²) in [5, 5.41) is 20.8. The van der Waals surface area contributed by atoms with Crippen molar-refractivity contribution in [1.82, 2.24) is 5.32 Å². The highest BCUT2D eigenvalue weighted by atomic mass is 127. The van der Waals surface area contributed by atoms with Gasteiger partial charge < -0.3 is 25.2 Å². The van der Waals surface area contributed by atoms with E-state index in [2.05, 4.69) is 5.32 Å². The Kier molecular flexibility index (Phi) is 7.96. The standard InChI is InChI=1S/C19H21F2IN2O4/c1-23-19(27)18-16(24(2)15-4-3-12(22)9-14(15)21)7-11(20)8-17(18)28-6-5-13(26)10-25/h3-4,7-9,13,25-26H,5-6,10H2,1-2H3,(H,23,27). The minimum Gasteiger partial charge on any atom is -0.492 e. The van der Waals surface area contributed by atoms with Crippen LogP contribution >= 0.6 is 22.6 Å². The highest BCUT2D eigenvalue weighted by Crippen LogP contribution is 2.35. The summed E-state index contributed by atoms with van der Waals surface area (Å²) in [5.74, 6) is -1.77. The Morgan fingerprint density at radius 1 is 1.29 bits per heavy atom. The second kappa shape index (κ2) is 9.99. The van der Waals surface area contributed by atoms with Crippen molar-refractivity contribution in [3.8, 4) is 5.75 Å². The number of hydrogen-bond donors (Lipinski definition) is 3. The summed E-state index contributed by atoms with van der Waals surface area (Å²) < 4.78 is 34.8. The van der Waals surface area contributed by atoms with Gasteiger partial charge in [-0.15, -0.1) is 0 Å². The Labute approximate surface area is 175 Å². The first kappa shape index (κ1) is 22.3. The van der Waals surface area contributed by atoms with Crippen LogP contribution in [0.25, 0.3) is 0 Å². The zero-order chi connectivity index (χ0) is 20.8. The number of amides is 1. The van der Waals surface area contributed by atoms with Gasteiger partial charge in [0.25, 0.3) is 5.91 Å². The third kappa shape index (κ3) is 5.30. The lowest BCUT2D eigenvalue weighted by atomic mass is 10.1. The molecular formula is C19H21F2IN2O4. The number of nitrogens with zero attached hydrogens (tertiary/aromatic N) is 1. The van der Waals surface area contributed by atoms with E-state index >= 15 is 0 Å². The van der Waals surface area contributed by atoms with Crippen LogP contribution in [0.2, 0.25) is 0 Å². The Balaban J connectivity index is 2.48. The summed E-state index contributed by atoms with van der Waals surface area (Å²) in [6.45, 7) is -0.481. The van der Waals surface area contributed by atoms with Crippen LogP contribution in [0, 0.1) is 15.2 Å². The molecule has 1 atom stereocenters. The van der Waals surface area contributed by atoms with Gasteiger partial charge in [-0.2, -0.15) is 0 Å². The number of benzene rings is 2. The fourth-order valence-electron chi connectivity index (χ4n) is 2.58. The number of rotatable bonds is 8. The van der Waals surface area contributed by atoms with Crippen LogP contribution in [0.15, 0.2) is 30.3 Å². The van der Waals surface area contributed by atoms with E-state index in [0.29, 0.717) is 3.57 Å². The zero-order valence-electron chi connectivity index (χ0n) is 15.4. The third-order valence-electron chi connectivity index (χ3n) is 4.05. The van der Waals surface area contributed by atoms with Crippen molar-refractivity contribution in [1.29, 1.82) is 0 Å². The molecule has 2 rings (SSSR count). The van der Waals surface area contributed by atoms with E-state index in [-0.39, 0.29) is 35.7 Å². The molecule has 6 nitrogen and oxygen atoms in total. The lowest BCUT2D eigenvalue weighted by Crippen LogP contribution is -2.24. The molecule has 9 heteroatoms. The SMILES string of the molecule is CNC(=O)c1c(OCCC(O)CO)cc(F)cc1N(C)c1ccc(I)cc1F. The van der Waals surface area contributed by atoms with Crippen molar-refractivity contribution in [2.75, 3.05) is 32.2 Å². The number of aliphatic hydroxyl groups excluding tert-OH is 2.